The smallest absolute Gasteiger partial charge is 0.123 e. The molecule has 2 aromatic rings. The Balaban J connectivity index is 1.88. The van der Waals surface area contributed by atoms with Crippen molar-refractivity contribution in [1.82, 2.24) is 10.3 Å². The van der Waals surface area contributed by atoms with E-state index in [0.717, 1.165) is 22.6 Å². The van der Waals surface area contributed by atoms with Gasteiger partial charge in [-0.25, -0.2) is 4.98 Å². The Hall–Kier alpha value is -0.710. The van der Waals surface area contributed by atoms with Crippen molar-refractivity contribution in [3.63, 3.8) is 0 Å². The Labute approximate surface area is 107 Å². The largest absolute Gasteiger partial charge is 0.315 e. The second-order valence-corrected chi connectivity index (χ2v) is 5.71. The Bertz CT molecular complexity index is 488. The van der Waals surface area contributed by atoms with Crippen LogP contribution in [0.25, 0.3) is 10.6 Å². The first-order chi connectivity index (χ1) is 7.83. The summed E-state index contributed by atoms with van der Waals surface area (Å²) in [6.07, 6.45) is 0. The van der Waals surface area contributed by atoms with Crippen LogP contribution in [0.3, 0.4) is 0 Å². The van der Waals surface area contributed by atoms with Crippen LogP contribution < -0.4 is 5.32 Å². The number of hydrogen-bond donors (Lipinski definition) is 1. The summed E-state index contributed by atoms with van der Waals surface area (Å²) >= 11 is 5.17. The Morgan fingerprint density at radius 1 is 1.25 bits per heavy atom. The second-order valence-electron chi connectivity index (χ2n) is 3.94. The van der Waals surface area contributed by atoms with Crippen molar-refractivity contribution in [2.24, 2.45) is 0 Å². The number of aromatic nitrogens is 1. The predicted molar refractivity (Wildman–Crippen MR) is 70.9 cm³/mol. The van der Waals surface area contributed by atoms with Gasteiger partial charge in [0.2, 0.25) is 0 Å². The van der Waals surface area contributed by atoms with Crippen LogP contribution >= 0.6 is 27.3 Å². The highest BCUT2D eigenvalue weighted by atomic mass is 79.9. The molecular weight excluding hydrogens is 284 g/mol. The molecular formula is C12H11BrN2S. The lowest BCUT2D eigenvalue weighted by Crippen LogP contribution is -2.40. The first kappa shape index (κ1) is 10.4. The molecule has 3 rings (SSSR count). The van der Waals surface area contributed by atoms with Crippen LogP contribution in [0.15, 0.2) is 34.1 Å². The number of hydrogen-bond acceptors (Lipinski definition) is 3. The minimum Gasteiger partial charge on any atom is -0.315 e. The number of rotatable bonds is 2. The van der Waals surface area contributed by atoms with Gasteiger partial charge in [-0.1, -0.05) is 28.1 Å². The highest BCUT2D eigenvalue weighted by molar-refractivity contribution is 9.10. The molecule has 0 saturated carbocycles. The van der Waals surface area contributed by atoms with Crippen LogP contribution in [0.5, 0.6) is 0 Å². The molecule has 1 aliphatic rings. The zero-order chi connectivity index (χ0) is 11.0. The van der Waals surface area contributed by atoms with Crippen molar-refractivity contribution < 1.29 is 0 Å². The van der Waals surface area contributed by atoms with Gasteiger partial charge in [-0.3, -0.25) is 0 Å². The third kappa shape index (κ3) is 1.93. The molecule has 1 aromatic heterocycles. The fraction of sp³-hybridized carbons (Fsp3) is 0.250. The Kier molecular flexibility index (Phi) is 2.79. The second kappa shape index (κ2) is 4.28. The van der Waals surface area contributed by atoms with E-state index in [2.05, 4.69) is 50.9 Å². The number of halogens is 1. The first-order valence-electron chi connectivity index (χ1n) is 5.25. The molecule has 4 heteroatoms. The molecule has 1 aliphatic heterocycles. The Morgan fingerprint density at radius 3 is 2.62 bits per heavy atom. The minimum atomic E-state index is 0.625. The van der Waals surface area contributed by atoms with E-state index in [0.29, 0.717) is 5.92 Å². The topological polar surface area (TPSA) is 24.9 Å². The molecule has 82 valence electrons. The van der Waals surface area contributed by atoms with Crippen LogP contribution in [-0.4, -0.2) is 18.1 Å². The predicted octanol–water partition coefficient (Wildman–Crippen LogP) is 3.26. The van der Waals surface area contributed by atoms with Gasteiger partial charge in [0.15, 0.2) is 0 Å². The van der Waals surface area contributed by atoms with Gasteiger partial charge >= 0.3 is 0 Å². The fourth-order valence-electron chi connectivity index (χ4n) is 1.70. The number of thiazole rings is 1. The maximum absolute atomic E-state index is 4.70. The van der Waals surface area contributed by atoms with Crippen molar-refractivity contribution in [3.8, 4) is 10.6 Å². The highest BCUT2D eigenvalue weighted by Crippen LogP contribution is 2.29. The Morgan fingerprint density at radius 2 is 2.00 bits per heavy atom. The SMILES string of the molecule is Brc1ccc(-c2nc(C3CNC3)cs2)cc1. The highest BCUT2D eigenvalue weighted by Gasteiger charge is 2.21. The average molecular weight is 295 g/mol. The third-order valence-electron chi connectivity index (χ3n) is 2.81. The van der Waals surface area contributed by atoms with Gasteiger partial charge in [0.25, 0.3) is 0 Å². The quantitative estimate of drug-likeness (QED) is 0.920. The third-order valence-corrected chi connectivity index (χ3v) is 4.25. The van der Waals surface area contributed by atoms with E-state index in [-0.39, 0.29) is 0 Å². The van der Waals surface area contributed by atoms with Gasteiger partial charge in [-0.2, -0.15) is 0 Å². The summed E-state index contributed by atoms with van der Waals surface area (Å²) in [5, 5.41) is 6.58. The molecule has 1 aromatic carbocycles. The van der Waals surface area contributed by atoms with Crippen LogP contribution in [0.2, 0.25) is 0 Å². The molecule has 1 saturated heterocycles. The molecule has 2 heterocycles. The maximum atomic E-state index is 4.70. The zero-order valence-corrected chi connectivity index (χ0v) is 11.0. The van der Waals surface area contributed by atoms with E-state index in [1.807, 2.05) is 0 Å². The lowest BCUT2D eigenvalue weighted by molar-refractivity contribution is 0.441. The molecule has 1 N–H and O–H groups in total. The zero-order valence-electron chi connectivity index (χ0n) is 8.61. The average Bonchev–Trinajstić information content (AvgIpc) is 2.65. The molecule has 0 aliphatic carbocycles. The molecule has 2 nitrogen and oxygen atoms in total. The summed E-state index contributed by atoms with van der Waals surface area (Å²) in [6, 6.07) is 8.32. The summed E-state index contributed by atoms with van der Waals surface area (Å²) < 4.78 is 1.11. The number of nitrogens with one attached hydrogen (secondary N) is 1. The number of benzene rings is 1. The maximum Gasteiger partial charge on any atom is 0.123 e. The van der Waals surface area contributed by atoms with Crippen molar-refractivity contribution in [3.05, 3.63) is 39.8 Å². The molecule has 0 amide bonds. The summed E-state index contributed by atoms with van der Waals surface area (Å²) in [4.78, 5) is 4.70. The molecule has 1 fully saturated rings. The van der Waals surface area contributed by atoms with Crippen LogP contribution in [0, 0.1) is 0 Å². The van der Waals surface area contributed by atoms with Gasteiger partial charge in [0, 0.05) is 34.4 Å². The molecule has 0 atom stereocenters. The van der Waals surface area contributed by atoms with E-state index in [1.165, 1.54) is 11.3 Å². The number of nitrogens with zero attached hydrogens (tertiary/aromatic N) is 1. The van der Waals surface area contributed by atoms with Crippen molar-refractivity contribution in [1.29, 1.82) is 0 Å². The van der Waals surface area contributed by atoms with E-state index < -0.39 is 0 Å². The van der Waals surface area contributed by atoms with E-state index in [9.17, 15) is 0 Å². The lowest BCUT2D eigenvalue weighted by atomic mass is 10.0. The standard InChI is InChI=1S/C12H11BrN2S/c13-10-3-1-8(2-4-10)12-15-11(7-16-12)9-5-14-6-9/h1-4,7,9,14H,5-6H2. The van der Waals surface area contributed by atoms with Gasteiger partial charge < -0.3 is 5.32 Å². The molecule has 0 unspecified atom stereocenters. The lowest BCUT2D eigenvalue weighted by Gasteiger charge is -2.25. The van der Waals surface area contributed by atoms with E-state index in [4.69, 9.17) is 4.98 Å². The molecule has 16 heavy (non-hydrogen) atoms. The molecule has 0 bridgehead atoms. The summed E-state index contributed by atoms with van der Waals surface area (Å²) in [6.45, 7) is 2.15. The van der Waals surface area contributed by atoms with Crippen molar-refractivity contribution >= 4 is 27.3 Å². The normalized spacial score (nSPS) is 16.1. The van der Waals surface area contributed by atoms with Gasteiger partial charge in [-0.15, -0.1) is 11.3 Å². The van der Waals surface area contributed by atoms with Gasteiger partial charge in [-0.05, 0) is 12.1 Å². The van der Waals surface area contributed by atoms with Gasteiger partial charge in [0.1, 0.15) is 5.01 Å². The summed E-state index contributed by atoms with van der Waals surface area (Å²) in [5.41, 5.74) is 2.44. The van der Waals surface area contributed by atoms with Crippen LogP contribution in [0.1, 0.15) is 11.6 Å². The van der Waals surface area contributed by atoms with Crippen molar-refractivity contribution in [2.45, 2.75) is 5.92 Å². The molecule has 0 spiro atoms. The van der Waals surface area contributed by atoms with Crippen LogP contribution in [-0.2, 0) is 0 Å². The fourth-order valence-corrected chi connectivity index (χ4v) is 2.87. The summed E-state index contributed by atoms with van der Waals surface area (Å²) in [7, 11) is 0. The van der Waals surface area contributed by atoms with E-state index in [1.54, 1.807) is 11.3 Å². The summed E-state index contributed by atoms with van der Waals surface area (Å²) in [5.74, 6) is 0.625. The monoisotopic (exact) mass is 294 g/mol. The minimum absolute atomic E-state index is 0.625. The first-order valence-corrected chi connectivity index (χ1v) is 6.92. The molecule has 0 radical (unpaired) electrons. The van der Waals surface area contributed by atoms with Gasteiger partial charge in [0.05, 0.1) is 5.69 Å². The van der Waals surface area contributed by atoms with Crippen molar-refractivity contribution in [2.75, 3.05) is 13.1 Å². The van der Waals surface area contributed by atoms with Crippen LogP contribution in [0.4, 0.5) is 0 Å². The van der Waals surface area contributed by atoms with E-state index >= 15 is 0 Å².